The molecule has 1 aliphatic rings. The highest BCUT2D eigenvalue weighted by Crippen LogP contribution is 2.32. The second-order valence-electron chi connectivity index (χ2n) is 6.83. The summed E-state index contributed by atoms with van der Waals surface area (Å²) >= 11 is 0. The predicted molar refractivity (Wildman–Crippen MR) is 98.3 cm³/mol. The third kappa shape index (κ3) is 4.23. The van der Waals surface area contributed by atoms with Gasteiger partial charge in [-0.25, -0.2) is 0 Å². The van der Waals surface area contributed by atoms with Crippen molar-refractivity contribution in [3.05, 3.63) is 58.7 Å². The van der Waals surface area contributed by atoms with E-state index in [4.69, 9.17) is 9.47 Å². The van der Waals surface area contributed by atoms with Crippen molar-refractivity contribution in [2.45, 2.75) is 26.1 Å². The highest BCUT2D eigenvalue weighted by Gasteiger charge is 2.37. The summed E-state index contributed by atoms with van der Waals surface area (Å²) in [5.74, 6) is -0.0468. The molecule has 1 unspecified atom stereocenters. The van der Waals surface area contributed by atoms with Crippen LogP contribution < -0.4 is 4.74 Å². The molecule has 1 fully saturated rings. The molecule has 1 saturated heterocycles. The fraction of sp³-hybridized carbons (Fsp3) is 0.381. The zero-order valence-corrected chi connectivity index (χ0v) is 15.2. The second-order valence-corrected chi connectivity index (χ2v) is 6.83. The minimum atomic E-state index is -0.283. The lowest BCUT2D eigenvalue weighted by molar-refractivity contribution is -0.141. The molecule has 6 nitrogen and oxygen atoms in total. The fourth-order valence-corrected chi connectivity index (χ4v) is 3.57. The number of rotatable bonds is 7. The summed E-state index contributed by atoms with van der Waals surface area (Å²) in [5.41, 5.74) is 3.28. The molecule has 2 atom stereocenters. The number of hydrogen-bond donors (Lipinski definition) is 3. The number of esters is 1. The number of aliphatic hydroxyl groups is 2. The van der Waals surface area contributed by atoms with Gasteiger partial charge in [0.2, 0.25) is 0 Å². The Labute approximate surface area is 158 Å². The number of phenols is 1. The topological polar surface area (TPSA) is 96.2 Å². The first kappa shape index (κ1) is 19.2. The Kier molecular flexibility index (Phi) is 5.98. The number of ether oxygens (including phenoxy) is 2. The van der Waals surface area contributed by atoms with E-state index in [1.807, 2.05) is 12.1 Å². The third-order valence-corrected chi connectivity index (χ3v) is 5.12. The molecule has 3 rings (SSSR count). The molecule has 2 aromatic rings. The largest absolute Gasteiger partial charge is 0.504 e. The Hall–Kier alpha value is -2.57. The van der Waals surface area contributed by atoms with Gasteiger partial charge in [0, 0.05) is 5.92 Å². The quantitative estimate of drug-likeness (QED) is 0.643. The smallest absolute Gasteiger partial charge is 0.309 e. The van der Waals surface area contributed by atoms with Gasteiger partial charge in [-0.15, -0.1) is 0 Å². The zero-order chi connectivity index (χ0) is 19.4. The maximum atomic E-state index is 12.2. The number of carbonyl (C=O) groups excluding carboxylic acids is 1. The number of hydrogen-bond acceptors (Lipinski definition) is 6. The van der Waals surface area contributed by atoms with Gasteiger partial charge in [0.25, 0.3) is 0 Å². The van der Waals surface area contributed by atoms with E-state index in [0.717, 1.165) is 11.1 Å². The van der Waals surface area contributed by atoms with E-state index in [-0.39, 0.29) is 36.8 Å². The number of aromatic hydroxyl groups is 1. The summed E-state index contributed by atoms with van der Waals surface area (Å²) in [4.78, 5) is 12.2. The lowest BCUT2D eigenvalue weighted by atomic mass is 9.84. The van der Waals surface area contributed by atoms with Crippen LogP contribution in [0.25, 0.3) is 0 Å². The number of methoxy groups -OCH3 is 1. The Balaban J connectivity index is 1.76. The molecule has 3 N–H and O–H groups in total. The fourth-order valence-electron chi connectivity index (χ4n) is 3.57. The van der Waals surface area contributed by atoms with Crippen LogP contribution in [-0.2, 0) is 35.6 Å². The molecule has 27 heavy (non-hydrogen) atoms. The van der Waals surface area contributed by atoms with Crippen molar-refractivity contribution in [2.75, 3.05) is 13.7 Å². The van der Waals surface area contributed by atoms with E-state index in [1.54, 1.807) is 24.3 Å². The van der Waals surface area contributed by atoms with Gasteiger partial charge in [0.1, 0.15) is 0 Å². The molecule has 0 bridgehead atoms. The van der Waals surface area contributed by atoms with Crippen molar-refractivity contribution in [2.24, 2.45) is 11.8 Å². The van der Waals surface area contributed by atoms with Crippen LogP contribution in [0.1, 0.15) is 22.3 Å². The monoisotopic (exact) mass is 372 g/mol. The molecule has 0 aliphatic carbocycles. The lowest BCUT2D eigenvalue weighted by Crippen LogP contribution is -2.20. The van der Waals surface area contributed by atoms with E-state index in [1.165, 1.54) is 7.11 Å². The van der Waals surface area contributed by atoms with Crippen molar-refractivity contribution in [1.82, 2.24) is 0 Å². The number of carbonyl (C=O) groups is 1. The summed E-state index contributed by atoms with van der Waals surface area (Å²) < 4.78 is 10.4. The number of phenolic OH excluding ortho intramolecular Hbond substituents is 1. The Morgan fingerprint density at radius 3 is 2.44 bits per heavy atom. The first-order chi connectivity index (χ1) is 13.0. The van der Waals surface area contributed by atoms with Crippen LogP contribution in [0.2, 0.25) is 0 Å². The number of benzene rings is 2. The van der Waals surface area contributed by atoms with Crippen molar-refractivity contribution in [3.63, 3.8) is 0 Å². The molecule has 2 aromatic carbocycles. The molecule has 1 heterocycles. The van der Waals surface area contributed by atoms with Gasteiger partial charge in [-0.05, 0) is 47.2 Å². The molecule has 1 aliphatic heterocycles. The van der Waals surface area contributed by atoms with Crippen molar-refractivity contribution in [3.8, 4) is 11.5 Å². The molecule has 0 saturated carbocycles. The van der Waals surface area contributed by atoms with Gasteiger partial charge in [-0.2, -0.15) is 0 Å². The van der Waals surface area contributed by atoms with E-state index in [9.17, 15) is 20.1 Å². The van der Waals surface area contributed by atoms with Gasteiger partial charge in [0.15, 0.2) is 11.5 Å². The van der Waals surface area contributed by atoms with Crippen molar-refractivity contribution < 1.29 is 29.6 Å². The van der Waals surface area contributed by atoms with Crippen LogP contribution in [0.15, 0.2) is 36.4 Å². The molecule has 0 radical (unpaired) electrons. The van der Waals surface area contributed by atoms with Gasteiger partial charge in [-0.3, -0.25) is 4.79 Å². The SMILES string of the molecule is COc1cc(C[C@H]2C(=O)OCC2Cc2ccc(CO)c(CO)c2)ccc1O. The second kappa shape index (κ2) is 8.41. The van der Waals surface area contributed by atoms with E-state index >= 15 is 0 Å². The van der Waals surface area contributed by atoms with E-state index < -0.39 is 0 Å². The van der Waals surface area contributed by atoms with Crippen LogP contribution in [0.3, 0.4) is 0 Å². The summed E-state index contributed by atoms with van der Waals surface area (Å²) in [6.07, 6.45) is 1.14. The van der Waals surface area contributed by atoms with Crippen LogP contribution in [0, 0.1) is 11.8 Å². The average molecular weight is 372 g/mol. The highest BCUT2D eigenvalue weighted by atomic mass is 16.5. The van der Waals surface area contributed by atoms with Crippen LogP contribution in [0.4, 0.5) is 0 Å². The first-order valence-electron chi connectivity index (χ1n) is 8.90. The van der Waals surface area contributed by atoms with Crippen LogP contribution >= 0.6 is 0 Å². The highest BCUT2D eigenvalue weighted by molar-refractivity contribution is 5.75. The Morgan fingerprint density at radius 2 is 1.74 bits per heavy atom. The number of aliphatic hydroxyl groups excluding tert-OH is 2. The van der Waals surface area contributed by atoms with E-state index in [0.29, 0.717) is 36.3 Å². The van der Waals surface area contributed by atoms with Gasteiger partial charge >= 0.3 is 5.97 Å². The maximum absolute atomic E-state index is 12.2. The predicted octanol–water partition coefficient (Wildman–Crippen LogP) is 1.96. The summed E-state index contributed by atoms with van der Waals surface area (Å²) in [6.45, 7) is 0.0992. The zero-order valence-electron chi connectivity index (χ0n) is 15.2. The molecule has 0 aromatic heterocycles. The molecular weight excluding hydrogens is 348 g/mol. The summed E-state index contributed by atoms with van der Waals surface area (Å²) in [6, 6.07) is 10.7. The summed E-state index contributed by atoms with van der Waals surface area (Å²) in [5, 5.41) is 28.5. The average Bonchev–Trinajstić information content (AvgIpc) is 3.02. The Morgan fingerprint density at radius 1 is 1.04 bits per heavy atom. The Bertz CT molecular complexity index is 816. The number of cyclic esters (lactones) is 1. The van der Waals surface area contributed by atoms with Crippen LogP contribution in [0.5, 0.6) is 11.5 Å². The standard InChI is InChI=1S/C21H24O6/c1-26-20-9-14(3-5-19(20)24)8-18-17(12-27-21(18)25)7-13-2-4-15(10-22)16(6-13)11-23/h2-6,9,17-18,22-24H,7-8,10-12H2,1H3/t17?,18-/m1/s1. The van der Waals surface area contributed by atoms with Gasteiger partial charge < -0.3 is 24.8 Å². The minimum Gasteiger partial charge on any atom is -0.504 e. The minimum absolute atomic E-state index is 0.0174. The lowest BCUT2D eigenvalue weighted by Gasteiger charge is -2.17. The van der Waals surface area contributed by atoms with Gasteiger partial charge in [0.05, 0.1) is 32.8 Å². The van der Waals surface area contributed by atoms with Gasteiger partial charge in [-0.1, -0.05) is 24.3 Å². The summed E-state index contributed by atoms with van der Waals surface area (Å²) in [7, 11) is 1.49. The maximum Gasteiger partial charge on any atom is 0.309 e. The molecule has 0 spiro atoms. The van der Waals surface area contributed by atoms with Crippen molar-refractivity contribution >= 4 is 5.97 Å². The normalized spacial score (nSPS) is 19.1. The van der Waals surface area contributed by atoms with E-state index in [2.05, 4.69) is 0 Å². The first-order valence-corrected chi connectivity index (χ1v) is 8.90. The third-order valence-electron chi connectivity index (χ3n) is 5.12. The van der Waals surface area contributed by atoms with Crippen molar-refractivity contribution in [1.29, 1.82) is 0 Å². The molecule has 6 heteroatoms. The molecule has 0 amide bonds. The van der Waals surface area contributed by atoms with Crippen LogP contribution in [-0.4, -0.2) is 35.0 Å². The molecule has 144 valence electrons. The molecular formula is C21H24O6.